The monoisotopic (exact) mass is 477 g/mol. The molecule has 0 aromatic heterocycles. The van der Waals surface area contributed by atoms with Crippen molar-refractivity contribution in [3.63, 3.8) is 0 Å². The number of anilines is 1. The fourth-order valence-electron chi connectivity index (χ4n) is 6.97. The highest BCUT2D eigenvalue weighted by atomic mass is 16.5. The molecule has 35 heavy (non-hydrogen) atoms. The average Bonchev–Trinajstić information content (AvgIpc) is 3.48. The molecule has 3 aliphatic heterocycles. The van der Waals surface area contributed by atoms with Gasteiger partial charge in [0.05, 0.1) is 7.11 Å². The third-order valence-corrected chi connectivity index (χ3v) is 9.03. The van der Waals surface area contributed by atoms with E-state index in [1.807, 2.05) is 0 Å². The summed E-state index contributed by atoms with van der Waals surface area (Å²) in [6, 6.07) is 8.95. The second-order valence-corrected chi connectivity index (χ2v) is 11.4. The van der Waals surface area contributed by atoms with Gasteiger partial charge in [-0.15, -0.1) is 0 Å². The number of hydrogen-bond donors (Lipinski definition) is 1. The molecular formula is C30H43N3O2. The van der Waals surface area contributed by atoms with Gasteiger partial charge in [-0.3, -0.25) is 4.90 Å². The maximum atomic E-state index is 6.70. The van der Waals surface area contributed by atoms with E-state index >= 15 is 0 Å². The average molecular weight is 478 g/mol. The molecule has 3 heterocycles. The Morgan fingerprint density at radius 2 is 1.69 bits per heavy atom. The van der Waals surface area contributed by atoms with E-state index in [2.05, 4.69) is 80.9 Å². The van der Waals surface area contributed by atoms with Gasteiger partial charge in [0.15, 0.2) is 0 Å². The van der Waals surface area contributed by atoms with Crippen LogP contribution < -0.4 is 19.7 Å². The number of piperazine rings is 1. The molecule has 5 heteroatoms. The molecule has 5 nitrogen and oxygen atoms in total. The molecule has 0 saturated carbocycles. The van der Waals surface area contributed by atoms with Crippen LogP contribution in [-0.2, 0) is 0 Å². The van der Waals surface area contributed by atoms with Crippen molar-refractivity contribution < 1.29 is 9.47 Å². The van der Waals surface area contributed by atoms with Crippen molar-refractivity contribution in [3.8, 4) is 11.5 Å². The molecule has 1 N–H and O–H groups in total. The zero-order valence-corrected chi connectivity index (χ0v) is 22.7. The van der Waals surface area contributed by atoms with Gasteiger partial charge in [0.1, 0.15) is 17.1 Å². The lowest BCUT2D eigenvalue weighted by Gasteiger charge is -2.41. The highest BCUT2D eigenvalue weighted by molar-refractivity contribution is 5.71. The second-order valence-electron chi connectivity index (χ2n) is 11.4. The van der Waals surface area contributed by atoms with Crippen molar-refractivity contribution in [3.05, 3.63) is 52.1 Å². The molecular weight excluding hydrogens is 434 g/mol. The Kier molecular flexibility index (Phi) is 6.52. The normalized spacial score (nSPS) is 24.8. The number of hydrogen-bond acceptors (Lipinski definition) is 5. The number of fused-ring (bicyclic) bond motifs is 1. The predicted octanol–water partition coefficient (Wildman–Crippen LogP) is 5.37. The molecule has 0 aliphatic carbocycles. The largest absolute Gasteiger partial charge is 0.497 e. The molecule has 190 valence electrons. The molecule has 3 atom stereocenters. The predicted molar refractivity (Wildman–Crippen MR) is 144 cm³/mol. The summed E-state index contributed by atoms with van der Waals surface area (Å²) in [5.41, 5.74) is 8.29. The van der Waals surface area contributed by atoms with Crippen molar-refractivity contribution in [1.29, 1.82) is 0 Å². The van der Waals surface area contributed by atoms with Crippen LogP contribution in [0.5, 0.6) is 11.5 Å². The van der Waals surface area contributed by atoms with Gasteiger partial charge in [-0.1, -0.05) is 12.1 Å². The number of ether oxygens (including phenoxy) is 2. The number of rotatable bonds is 5. The summed E-state index contributed by atoms with van der Waals surface area (Å²) in [6.45, 7) is 20.3. The van der Waals surface area contributed by atoms with Crippen molar-refractivity contribution in [2.75, 3.05) is 51.3 Å². The summed E-state index contributed by atoms with van der Waals surface area (Å²) in [5.74, 6) is 3.17. The summed E-state index contributed by atoms with van der Waals surface area (Å²) in [4.78, 5) is 5.26. The molecule has 3 unspecified atom stereocenters. The Balaban J connectivity index is 1.39. The van der Waals surface area contributed by atoms with E-state index in [0.717, 1.165) is 50.8 Å². The molecule has 2 fully saturated rings. The van der Waals surface area contributed by atoms with Crippen LogP contribution in [-0.4, -0.2) is 56.9 Å². The summed E-state index contributed by atoms with van der Waals surface area (Å²) in [7, 11) is 1.72. The molecule has 0 bridgehead atoms. The molecule has 3 aliphatic rings. The zero-order chi connectivity index (χ0) is 24.9. The topological polar surface area (TPSA) is 37.0 Å². The van der Waals surface area contributed by atoms with Gasteiger partial charge in [-0.25, -0.2) is 0 Å². The van der Waals surface area contributed by atoms with Crippen LogP contribution >= 0.6 is 0 Å². The van der Waals surface area contributed by atoms with Crippen molar-refractivity contribution in [2.24, 2.45) is 5.92 Å². The molecule has 0 spiro atoms. The van der Waals surface area contributed by atoms with Crippen LogP contribution in [0, 0.1) is 26.7 Å². The Labute approximate surface area is 211 Å². The van der Waals surface area contributed by atoms with Crippen LogP contribution in [0.4, 0.5) is 5.69 Å². The highest BCUT2D eigenvalue weighted by Crippen LogP contribution is 2.55. The van der Waals surface area contributed by atoms with Crippen molar-refractivity contribution in [1.82, 2.24) is 10.2 Å². The smallest absolute Gasteiger partial charge is 0.127 e. The van der Waals surface area contributed by atoms with Gasteiger partial charge in [-0.05, 0) is 101 Å². The second kappa shape index (κ2) is 9.33. The summed E-state index contributed by atoms with van der Waals surface area (Å²) in [5, 5.41) is 3.60. The van der Waals surface area contributed by atoms with Gasteiger partial charge in [0.2, 0.25) is 0 Å². The van der Waals surface area contributed by atoms with E-state index in [-0.39, 0.29) is 5.60 Å². The minimum absolute atomic E-state index is 0.161. The highest BCUT2D eigenvalue weighted by Gasteiger charge is 2.48. The zero-order valence-electron chi connectivity index (χ0n) is 22.7. The lowest BCUT2D eigenvalue weighted by atomic mass is 9.74. The van der Waals surface area contributed by atoms with Gasteiger partial charge in [0, 0.05) is 49.4 Å². The van der Waals surface area contributed by atoms with E-state index < -0.39 is 0 Å². The lowest BCUT2D eigenvalue weighted by Crippen LogP contribution is -2.47. The van der Waals surface area contributed by atoms with Crippen LogP contribution in [0.15, 0.2) is 24.3 Å². The SMILES string of the molecule is COc1ccc(C(C)N2CCN(c3c(C)c(C)c4c(c3C)C(C3CCNC3)C(C)(C)O4)CC2)cc1. The molecule has 2 aromatic rings. The molecule has 0 radical (unpaired) electrons. The van der Waals surface area contributed by atoms with Crippen molar-refractivity contribution in [2.45, 2.75) is 65.5 Å². The molecule has 2 aromatic carbocycles. The van der Waals surface area contributed by atoms with Crippen LogP contribution in [0.3, 0.4) is 0 Å². The fourth-order valence-corrected chi connectivity index (χ4v) is 6.97. The van der Waals surface area contributed by atoms with Gasteiger partial charge in [-0.2, -0.15) is 0 Å². The maximum Gasteiger partial charge on any atom is 0.127 e. The third kappa shape index (κ3) is 4.21. The minimum Gasteiger partial charge on any atom is -0.497 e. The first-order valence-corrected chi connectivity index (χ1v) is 13.4. The first kappa shape index (κ1) is 24.5. The minimum atomic E-state index is -0.161. The van der Waals surface area contributed by atoms with Gasteiger partial charge < -0.3 is 19.7 Å². The Morgan fingerprint density at radius 3 is 2.29 bits per heavy atom. The first-order chi connectivity index (χ1) is 16.7. The van der Waals surface area contributed by atoms with Crippen LogP contribution in [0.25, 0.3) is 0 Å². The summed E-state index contributed by atoms with van der Waals surface area (Å²) in [6.07, 6.45) is 1.24. The van der Waals surface area contributed by atoms with Gasteiger partial charge in [0.25, 0.3) is 0 Å². The van der Waals surface area contributed by atoms with E-state index in [0.29, 0.717) is 17.9 Å². The van der Waals surface area contributed by atoms with Gasteiger partial charge >= 0.3 is 0 Å². The standard InChI is InChI=1S/C30H43N3O2/c1-19-20(2)29-26(27(30(5,6)35-29)24-12-13-31-18-24)21(3)28(19)33-16-14-32(15-17-33)22(4)23-8-10-25(34-7)11-9-23/h8-11,22,24,27,31H,12-18H2,1-7H3. The number of nitrogens with one attached hydrogen (secondary N) is 1. The molecule has 5 rings (SSSR count). The van der Waals surface area contributed by atoms with E-state index in [1.165, 1.54) is 39.9 Å². The fraction of sp³-hybridized carbons (Fsp3) is 0.600. The van der Waals surface area contributed by atoms with Crippen LogP contribution in [0.2, 0.25) is 0 Å². The first-order valence-electron chi connectivity index (χ1n) is 13.4. The Morgan fingerprint density at radius 1 is 1.00 bits per heavy atom. The summed E-state index contributed by atoms with van der Waals surface area (Å²) >= 11 is 0. The number of methoxy groups -OCH3 is 1. The Hall–Kier alpha value is -2.24. The Bertz CT molecular complexity index is 1060. The number of nitrogens with zero attached hydrogens (tertiary/aromatic N) is 2. The maximum absolute atomic E-state index is 6.70. The summed E-state index contributed by atoms with van der Waals surface area (Å²) < 4.78 is 12.0. The third-order valence-electron chi connectivity index (χ3n) is 9.03. The van der Waals surface area contributed by atoms with Crippen LogP contribution in [0.1, 0.15) is 67.0 Å². The van der Waals surface area contributed by atoms with E-state index in [9.17, 15) is 0 Å². The van der Waals surface area contributed by atoms with E-state index in [1.54, 1.807) is 7.11 Å². The quantitative estimate of drug-likeness (QED) is 0.627. The number of benzene rings is 2. The molecule has 0 amide bonds. The molecule has 2 saturated heterocycles. The van der Waals surface area contributed by atoms with Crippen molar-refractivity contribution >= 4 is 5.69 Å². The lowest BCUT2D eigenvalue weighted by molar-refractivity contribution is 0.0884. The van der Waals surface area contributed by atoms with E-state index in [4.69, 9.17) is 9.47 Å².